The largest absolute Gasteiger partial charge is 0.384 e. The Bertz CT molecular complexity index is 1250. The van der Waals surface area contributed by atoms with Crippen molar-refractivity contribution in [2.45, 2.75) is 33.2 Å². The number of nitrogens with one attached hydrogen (secondary N) is 1. The van der Waals surface area contributed by atoms with Crippen LogP contribution in [0.4, 0.5) is 5.82 Å². The van der Waals surface area contributed by atoms with Crippen LogP contribution in [0.3, 0.4) is 0 Å². The molecule has 0 aliphatic rings. The number of aromatic nitrogens is 5. The lowest BCUT2D eigenvalue weighted by Crippen LogP contribution is -2.27. The zero-order valence-electron chi connectivity index (χ0n) is 18.3. The maximum Gasteiger partial charge on any atom is 0.251 e. The van der Waals surface area contributed by atoms with Gasteiger partial charge in [0.05, 0.1) is 17.4 Å². The van der Waals surface area contributed by atoms with Crippen LogP contribution in [0, 0.1) is 6.92 Å². The highest BCUT2D eigenvalue weighted by Gasteiger charge is 2.17. The molecule has 2 heterocycles. The van der Waals surface area contributed by atoms with E-state index in [2.05, 4.69) is 25.8 Å². The Hall–Kier alpha value is -4.07. The number of carbonyl (C=O) groups is 1. The zero-order chi connectivity index (χ0) is 22.7. The number of amides is 1. The number of hydrogen-bond acceptors (Lipinski definition) is 6. The van der Waals surface area contributed by atoms with Gasteiger partial charge in [-0.3, -0.25) is 4.79 Å². The minimum atomic E-state index is -0.309. The quantitative estimate of drug-likeness (QED) is 0.486. The molecule has 4 rings (SSSR count). The van der Waals surface area contributed by atoms with Gasteiger partial charge in [-0.25, -0.2) is 4.98 Å². The molecule has 0 aliphatic heterocycles. The number of carbonyl (C=O) groups excluding carboxylic acids is 1. The van der Waals surface area contributed by atoms with Gasteiger partial charge in [-0.2, -0.15) is 4.68 Å². The van der Waals surface area contributed by atoms with Crippen LogP contribution in [0.15, 0.2) is 60.7 Å². The fourth-order valence-electron chi connectivity index (χ4n) is 3.47. The summed E-state index contributed by atoms with van der Waals surface area (Å²) in [6.07, 6.45) is 0.668. The molecule has 2 aromatic carbocycles. The van der Waals surface area contributed by atoms with Gasteiger partial charge < -0.3 is 11.1 Å². The zero-order valence-corrected chi connectivity index (χ0v) is 18.3. The molecule has 1 unspecified atom stereocenters. The number of nitrogens with zero attached hydrogens (tertiary/aromatic N) is 5. The van der Waals surface area contributed by atoms with Gasteiger partial charge in [0.1, 0.15) is 5.82 Å². The number of pyridine rings is 1. The Balaban J connectivity index is 1.73. The molecule has 2 aromatic heterocycles. The SMILES string of the molecule is CCc1nnnn1-c1cc(C(=O)NC(C)c2cccc(N)n2)cc(-c2ccc(C)cc2)c1. The van der Waals surface area contributed by atoms with Crippen LogP contribution >= 0.6 is 0 Å². The van der Waals surface area contributed by atoms with Crippen molar-refractivity contribution in [3.8, 4) is 16.8 Å². The van der Waals surface area contributed by atoms with Gasteiger partial charge in [0.25, 0.3) is 5.91 Å². The first-order chi connectivity index (χ1) is 15.4. The van der Waals surface area contributed by atoms with E-state index >= 15 is 0 Å². The summed E-state index contributed by atoms with van der Waals surface area (Å²) in [5.41, 5.74) is 10.8. The molecule has 3 N–H and O–H groups in total. The summed E-state index contributed by atoms with van der Waals surface area (Å²) in [4.78, 5) is 17.5. The smallest absolute Gasteiger partial charge is 0.251 e. The molecule has 0 aliphatic carbocycles. The molecule has 0 saturated carbocycles. The number of rotatable bonds is 6. The fourth-order valence-corrected chi connectivity index (χ4v) is 3.47. The maximum absolute atomic E-state index is 13.2. The average Bonchev–Trinajstić information content (AvgIpc) is 3.28. The van der Waals surface area contributed by atoms with Crippen LogP contribution in [-0.4, -0.2) is 31.1 Å². The van der Waals surface area contributed by atoms with Gasteiger partial charge in [-0.05, 0) is 65.7 Å². The molecule has 0 fully saturated rings. The number of aryl methyl sites for hydroxylation is 2. The predicted octanol–water partition coefficient (Wildman–Crippen LogP) is 3.67. The number of benzene rings is 2. The van der Waals surface area contributed by atoms with Gasteiger partial charge >= 0.3 is 0 Å². The summed E-state index contributed by atoms with van der Waals surface area (Å²) < 4.78 is 1.66. The second kappa shape index (κ2) is 8.97. The van der Waals surface area contributed by atoms with Crippen LogP contribution in [-0.2, 0) is 6.42 Å². The van der Waals surface area contributed by atoms with Gasteiger partial charge in [0.2, 0.25) is 0 Å². The molecule has 32 heavy (non-hydrogen) atoms. The van der Waals surface area contributed by atoms with E-state index in [-0.39, 0.29) is 11.9 Å². The summed E-state index contributed by atoms with van der Waals surface area (Å²) >= 11 is 0. The van der Waals surface area contributed by atoms with Crippen LogP contribution in [0.1, 0.15) is 47.3 Å². The lowest BCUT2D eigenvalue weighted by atomic mass is 10.0. The maximum atomic E-state index is 13.2. The molecule has 8 heteroatoms. The van der Waals surface area contributed by atoms with Crippen molar-refractivity contribution < 1.29 is 4.79 Å². The van der Waals surface area contributed by atoms with E-state index in [1.54, 1.807) is 16.8 Å². The molecular formula is C24H25N7O. The van der Waals surface area contributed by atoms with E-state index in [1.807, 2.05) is 69.3 Å². The van der Waals surface area contributed by atoms with Gasteiger partial charge in [-0.1, -0.05) is 42.8 Å². The summed E-state index contributed by atoms with van der Waals surface area (Å²) in [5, 5.41) is 15.0. The lowest BCUT2D eigenvalue weighted by Gasteiger charge is -2.15. The molecule has 1 amide bonds. The molecule has 0 spiro atoms. The molecule has 0 saturated heterocycles. The van der Waals surface area contributed by atoms with Gasteiger partial charge in [0, 0.05) is 12.0 Å². The van der Waals surface area contributed by atoms with Crippen molar-refractivity contribution in [2.24, 2.45) is 0 Å². The number of anilines is 1. The van der Waals surface area contributed by atoms with E-state index in [1.165, 1.54) is 5.56 Å². The Morgan fingerprint density at radius 3 is 2.59 bits per heavy atom. The summed E-state index contributed by atoms with van der Waals surface area (Å²) in [5.74, 6) is 0.913. The third-order valence-electron chi connectivity index (χ3n) is 5.24. The molecule has 162 valence electrons. The predicted molar refractivity (Wildman–Crippen MR) is 123 cm³/mol. The average molecular weight is 428 g/mol. The Labute approximate surface area is 186 Å². The first kappa shape index (κ1) is 21.2. The fraction of sp³-hybridized carbons (Fsp3) is 0.208. The third kappa shape index (κ3) is 4.49. The van der Waals surface area contributed by atoms with Crippen molar-refractivity contribution in [2.75, 3.05) is 5.73 Å². The van der Waals surface area contributed by atoms with Crippen molar-refractivity contribution in [3.63, 3.8) is 0 Å². The van der Waals surface area contributed by atoms with Crippen LogP contribution in [0.25, 0.3) is 16.8 Å². The van der Waals surface area contributed by atoms with E-state index in [0.29, 0.717) is 23.5 Å². The number of nitrogen functional groups attached to an aromatic ring is 1. The highest BCUT2D eigenvalue weighted by Crippen LogP contribution is 2.25. The van der Waals surface area contributed by atoms with Gasteiger partial charge in [0.15, 0.2) is 5.82 Å². The molecule has 0 radical (unpaired) electrons. The standard InChI is InChI=1S/C24H25N7O/c1-4-23-28-29-30-31(23)20-13-18(17-10-8-15(2)9-11-17)12-19(14-20)24(32)26-16(3)21-6-5-7-22(25)27-21/h5-14,16H,4H2,1-3H3,(H2,25,27)(H,26,32). The van der Waals surface area contributed by atoms with Crippen LogP contribution < -0.4 is 11.1 Å². The molecule has 8 nitrogen and oxygen atoms in total. The Morgan fingerprint density at radius 2 is 1.88 bits per heavy atom. The van der Waals surface area contributed by atoms with E-state index in [4.69, 9.17) is 5.73 Å². The minimum Gasteiger partial charge on any atom is -0.384 e. The highest BCUT2D eigenvalue weighted by atomic mass is 16.1. The normalized spacial score (nSPS) is 11.8. The van der Waals surface area contributed by atoms with Crippen molar-refractivity contribution in [1.29, 1.82) is 0 Å². The van der Waals surface area contributed by atoms with E-state index in [0.717, 1.165) is 22.6 Å². The molecule has 0 bridgehead atoms. The summed E-state index contributed by atoms with van der Waals surface area (Å²) in [6, 6.07) is 18.9. The number of nitrogens with two attached hydrogens (primary N) is 1. The lowest BCUT2D eigenvalue weighted by molar-refractivity contribution is 0.0939. The molecule has 4 aromatic rings. The summed E-state index contributed by atoms with van der Waals surface area (Å²) in [6.45, 7) is 5.90. The van der Waals surface area contributed by atoms with E-state index in [9.17, 15) is 4.79 Å². The topological polar surface area (TPSA) is 112 Å². The second-order valence-corrected chi connectivity index (χ2v) is 7.68. The summed E-state index contributed by atoms with van der Waals surface area (Å²) in [7, 11) is 0. The first-order valence-electron chi connectivity index (χ1n) is 10.5. The minimum absolute atomic E-state index is 0.219. The number of tetrazole rings is 1. The Morgan fingerprint density at radius 1 is 1.09 bits per heavy atom. The highest BCUT2D eigenvalue weighted by molar-refractivity contribution is 5.96. The Kier molecular flexibility index (Phi) is 5.93. The second-order valence-electron chi connectivity index (χ2n) is 7.68. The van der Waals surface area contributed by atoms with Gasteiger partial charge in [-0.15, -0.1) is 5.10 Å². The van der Waals surface area contributed by atoms with Crippen molar-refractivity contribution in [3.05, 3.63) is 83.3 Å². The monoisotopic (exact) mass is 427 g/mol. The van der Waals surface area contributed by atoms with Crippen LogP contribution in [0.5, 0.6) is 0 Å². The number of hydrogen-bond donors (Lipinski definition) is 2. The first-order valence-corrected chi connectivity index (χ1v) is 10.5. The van der Waals surface area contributed by atoms with E-state index < -0.39 is 0 Å². The van der Waals surface area contributed by atoms with Crippen molar-refractivity contribution in [1.82, 2.24) is 30.5 Å². The molecular weight excluding hydrogens is 402 g/mol. The van der Waals surface area contributed by atoms with Crippen LogP contribution in [0.2, 0.25) is 0 Å². The molecule has 1 atom stereocenters. The third-order valence-corrected chi connectivity index (χ3v) is 5.24. The van der Waals surface area contributed by atoms with Crippen molar-refractivity contribution >= 4 is 11.7 Å².